The van der Waals surface area contributed by atoms with Gasteiger partial charge in [0, 0.05) is 5.56 Å². The van der Waals surface area contributed by atoms with Crippen molar-refractivity contribution in [1.29, 1.82) is 0 Å². The summed E-state index contributed by atoms with van der Waals surface area (Å²) in [6.07, 6.45) is 2.19. The average Bonchev–Trinajstić information content (AvgIpc) is 2.91. The molecular formula is C11H11ClF2O. The van der Waals surface area contributed by atoms with E-state index in [0.717, 1.165) is 25.0 Å². The van der Waals surface area contributed by atoms with Gasteiger partial charge in [0.25, 0.3) is 0 Å². The van der Waals surface area contributed by atoms with Crippen LogP contribution in [0.2, 0.25) is 5.02 Å². The van der Waals surface area contributed by atoms with Gasteiger partial charge in [-0.3, -0.25) is 0 Å². The number of aliphatic hydroxyl groups is 1. The van der Waals surface area contributed by atoms with Crippen LogP contribution in [0.5, 0.6) is 0 Å². The van der Waals surface area contributed by atoms with Crippen molar-refractivity contribution < 1.29 is 13.9 Å². The highest BCUT2D eigenvalue weighted by atomic mass is 35.5. The van der Waals surface area contributed by atoms with E-state index in [2.05, 4.69) is 0 Å². The molecule has 1 N–H and O–H groups in total. The minimum Gasteiger partial charge on any atom is -0.390 e. The summed E-state index contributed by atoms with van der Waals surface area (Å²) in [5, 5.41) is 9.41. The van der Waals surface area contributed by atoms with E-state index >= 15 is 0 Å². The molecule has 0 unspecified atom stereocenters. The molecule has 1 nitrogen and oxygen atoms in total. The second-order valence-corrected chi connectivity index (χ2v) is 4.42. The first-order chi connectivity index (χ1) is 7.02. The van der Waals surface area contributed by atoms with Gasteiger partial charge in [-0.1, -0.05) is 11.6 Å². The Hall–Kier alpha value is -0.670. The van der Waals surface area contributed by atoms with Crippen LogP contribution in [0.4, 0.5) is 8.78 Å². The summed E-state index contributed by atoms with van der Waals surface area (Å²) in [6, 6.07) is 2.07. The fourth-order valence-corrected chi connectivity index (χ4v) is 1.80. The first kappa shape index (κ1) is 10.8. The summed E-state index contributed by atoms with van der Waals surface area (Å²) in [6.45, 7) is 0. The lowest BCUT2D eigenvalue weighted by Crippen LogP contribution is -2.09. The molecule has 0 aliphatic heterocycles. The van der Waals surface area contributed by atoms with Crippen LogP contribution < -0.4 is 0 Å². The van der Waals surface area contributed by atoms with Gasteiger partial charge in [-0.15, -0.1) is 0 Å². The Morgan fingerprint density at radius 1 is 1.27 bits per heavy atom. The highest BCUT2D eigenvalue weighted by molar-refractivity contribution is 6.31. The zero-order valence-corrected chi connectivity index (χ0v) is 8.82. The van der Waals surface area contributed by atoms with Crippen LogP contribution in [0, 0.1) is 11.6 Å². The molecule has 0 bridgehead atoms. The summed E-state index contributed by atoms with van der Waals surface area (Å²) in [4.78, 5) is 0. The van der Waals surface area contributed by atoms with Gasteiger partial charge in [0.2, 0.25) is 0 Å². The monoisotopic (exact) mass is 232 g/mol. The van der Waals surface area contributed by atoms with Crippen molar-refractivity contribution in [3.8, 4) is 0 Å². The third kappa shape index (κ3) is 2.29. The molecule has 1 saturated carbocycles. The molecule has 4 heteroatoms. The zero-order valence-electron chi connectivity index (χ0n) is 8.06. The fourth-order valence-electron chi connectivity index (χ4n) is 1.55. The first-order valence-corrected chi connectivity index (χ1v) is 5.24. The molecule has 0 heterocycles. The Kier molecular flexibility index (Phi) is 2.69. The lowest BCUT2D eigenvalue weighted by Gasteiger charge is -2.09. The highest BCUT2D eigenvalue weighted by Gasteiger charge is 2.39. The van der Waals surface area contributed by atoms with E-state index in [9.17, 15) is 13.9 Å². The summed E-state index contributed by atoms with van der Waals surface area (Å²) in [5.74, 6) is -1.12. The predicted molar refractivity (Wildman–Crippen MR) is 53.9 cm³/mol. The normalized spacial score (nSPS) is 17.9. The second-order valence-electron chi connectivity index (χ2n) is 4.05. The molecular weight excluding hydrogens is 222 g/mol. The summed E-state index contributed by atoms with van der Waals surface area (Å²) in [7, 11) is 0. The van der Waals surface area contributed by atoms with Gasteiger partial charge in [-0.25, -0.2) is 8.78 Å². The van der Waals surface area contributed by atoms with Crippen molar-refractivity contribution in [3.63, 3.8) is 0 Å². The van der Waals surface area contributed by atoms with E-state index < -0.39 is 17.2 Å². The molecule has 1 aliphatic rings. The molecule has 0 amide bonds. The minimum atomic E-state index is -0.665. The Labute approximate surface area is 91.7 Å². The molecule has 2 rings (SSSR count). The van der Waals surface area contributed by atoms with Crippen LogP contribution in [0.15, 0.2) is 12.1 Å². The summed E-state index contributed by atoms with van der Waals surface area (Å²) < 4.78 is 26.3. The summed E-state index contributed by atoms with van der Waals surface area (Å²) >= 11 is 5.65. The zero-order chi connectivity index (χ0) is 11.1. The molecule has 0 radical (unpaired) electrons. The highest BCUT2D eigenvalue weighted by Crippen LogP contribution is 2.40. The van der Waals surface area contributed by atoms with E-state index in [0.29, 0.717) is 6.42 Å². The Morgan fingerprint density at radius 3 is 2.47 bits per heavy atom. The van der Waals surface area contributed by atoms with Gasteiger partial charge < -0.3 is 5.11 Å². The van der Waals surface area contributed by atoms with Crippen molar-refractivity contribution in [3.05, 3.63) is 34.4 Å². The smallest absolute Gasteiger partial charge is 0.142 e. The van der Waals surface area contributed by atoms with Crippen LogP contribution >= 0.6 is 11.6 Å². The third-order valence-corrected chi connectivity index (χ3v) is 3.22. The average molecular weight is 233 g/mol. The molecule has 82 valence electrons. The van der Waals surface area contributed by atoms with Gasteiger partial charge in [-0.05, 0) is 37.8 Å². The Bertz CT molecular complexity index is 388. The maximum atomic E-state index is 13.3. The standard InChI is InChI=1S/C11H11ClF2O/c12-10-7(3-4-11(15)5-6-11)8(13)1-2-9(10)14/h1-2,15H,3-6H2. The molecule has 0 saturated heterocycles. The molecule has 1 aromatic carbocycles. The van der Waals surface area contributed by atoms with E-state index in [-0.39, 0.29) is 17.0 Å². The third-order valence-electron chi connectivity index (χ3n) is 2.81. The van der Waals surface area contributed by atoms with Crippen molar-refractivity contribution in [2.24, 2.45) is 0 Å². The van der Waals surface area contributed by atoms with Crippen molar-refractivity contribution in [2.45, 2.75) is 31.3 Å². The second kappa shape index (κ2) is 3.72. The van der Waals surface area contributed by atoms with E-state index in [4.69, 9.17) is 11.6 Å². The van der Waals surface area contributed by atoms with Gasteiger partial charge >= 0.3 is 0 Å². The fraction of sp³-hybridized carbons (Fsp3) is 0.455. The van der Waals surface area contributed by atoms with Gasteiger partial charge in [0.1, 0.15) is 11.6 Å². The quantitative estimate of drug-likeness (QED) is 0.794. The van der Waals surface area contributed by atoms with Crippen LogP contribution in [0.25, 0.3) is 0 Å². The van der Waals surface area contributed by atoms with Crippen LogP contribution in [-0.2, 0) is 6.42 Å². The van der Waals surface area contributed by atoms with Crippen LogP contribution in [0.1, 0.15) is 24.8 Å². The van der Waals surface area contributed by atoms with Gasteiger partial charge in [0.05, 0.1) is 10.6 Å². The topological polar surface area (TPSA) is 20.2 Å². The van der Waals surface area contributed by atoms with Gasteiger partial charge in [0.15, 0.2) is 0 Å². The lowest BCUT2D eigenvalue weighted by atomic mass is 10.0. The largest absolute Gasteiger partial charge is 0.390 e. The summed E-state index contributed by atoms with van der Waals surface area (Å²) in [5.41, 5.74) is -0.501. The van der Waals surface area contributed by atoms with Crippen LogP contribution in [-0.4, -0.2) is 10.7 Å². The van der Waals surface area contributed by atoms with E-state index in [1.807, 2.05) is 0 Å². The molecule has 1 aromatic rings. The Balaban J connectivity index is 2.16. The first-order valence-electron chi connectivity index (χ1n) is 4.87. The van der Waals surface area contributed by atoms with Gasteiger partial charge in [-0.2, -0.15) is 0 Å². The van der Waals surface area contributed by atoms with E-state index in [1.165, 1.54) is 0 Å². The molecule has 0 spiro atoms. The number of hydrogen-bond donors (Lipinski definition) is 1. The molecule has 15 heavy (non-hydrogen) atoms. The van der Waals surface area contributed by atoms with Crippen LogP contribution in [0.3, 0.4) is 0 Å². The van der Waals surface area contributed by atoms with Crippen molar-refractivity contribution >= 4 is 11.6 Å². The molecule has 0 atom stereocenters. The molecule has 1 aliphatic carbocycles. The lowest BCUT2D eigenvalue weighted by molar-refractivity contribution is 0.140. The number of hydrogen-bond acceptors (Lipinski definition) is 1. The number of rotatable bonds is 3. The molecule has 0 aromatic heterocycles. The van der Waals surface area contributed by atoms with Crippen molar-refractivity contribution in [2.75, 3.05) is 0 Å². The maximum Gasteiger partial charge on any atom is 0.142 e. The van der Waals surface area contributed by atoms with Crippen molar-refractivity contribution in [1.82, 2.24) is 0 Å². The minimum absolute atomic E-state index is 0.164. The predicted octanol–water partition coefficient (Wildman–Crippen LogP) is 3.08. The molecule has 1 fully saturated rings. The maximum absolute atomic E-state index is 13.3. The van der Waals surface area contributed by atoms with E-state index in [1.54, 1.807) is 0 Å². The number of halogens is 3. The SMILES string of the molecule is OC1(CCc2c(F)ccc(F)c2Cl)CC1. The Morgan fingerprint density at radius 2 is 1.87 bits per heavy atom. The number of benzene rings is 1.